The fraction of sp³-hybridized carbons (Fsp3) is 0.241. The van der Waals surface area contributed by atoms with Crippen molar-refractivity contribution in [3.63, 3.8) is 0 Å². The van der Waals surface area contributed by atoms with Crippen LogP contribution in [0.3, 0.4) is 0 Å². The third-order valence-electron chi connectivity index (χ3n) is 6.34. The van der Waals surface area contributed by atoms with Gasteiger partial charge in [-0.15, -0.1) is 0 Å². The average molecular weight is 493 g/mol. The Bertz CT molecular complexity index is 1480. The summed E-state index contributed by atoms with van der Waals surface area (Å²) in [5.41, 5.74) is 6.47. The van der Waals surface area contributed by atoms with Gasteiger partial charge in [0.1, 0.15) is 12.1 Å². The highest BCUT2D eigenvalue weighted by Crippen LogP contribution is 2.31. The Morgan fingerprint density at radius 1 is 0.919 bits per heavy atom. The zero-order chi connectivity index (χ0) is 25.9. The van der Waals surface area contributed by atoms with Gasteiger partial charge in [-0.3, -0.25) is 19.6 Å². The summed E-state index contributed by atoms with van der Waals surface area (Å²) in [5, 5.41) is 5.86. The molecular formula is C29H28N6O2. The lowest BCUT2D eigenvalue weighted by Crippen LogP contribution is -2.14. The maximum Gasteiger partial charge on any atom is 0.255 e. The third kappa shape index (κ3) is 5.69. The lowest BCUT2D eigenvalue weighted by Gasteiger charge is -2.12. The van der Waals surface area contributed by atoms with E-state index in [1.165, 1.54) is 6.33 Å². The monoisotopic (exact) mass is 492 g/mol. The second-order valence-corrected chi connectivity index (χ2v) is 9.62. The molecule has 0 unspecified atom stereocenters. The van der Waals surface area contributed by atoms with Crippen molar-refractivity contribution >= 4 is 23.3 Å². The summed E-state index contributed by atoms with van der Waals surface area (Å²) < 4.78 is 0. The second kappa shape index (κ2) is 10.3. The van der Waals surface area contributed by atoms with Crippen molar-refractivity contribution in [3.8, 4) is 22.4 Å². The molecule has 186 valence electrons. The fourth-order valence-electron chi connectivity index (χ4n) is 4.00. The Balaban J connectivity index is 1.39. The molecule has 2 N–H and O–H groups in total. The van der Waals surface area contributed by atoms with Gasteiger partial charge in [-0.05, 0) is 67.1 Å². The highest BCUT2D eigenvalue weighted by molar-refractivity contribution is 6.04. The highest BCUT2D eigenvalue weighted by atomic mass is 16.2. The predicted octanol–water partition coefficient (Wildman–Crippen LogP) is 5.63. The number of hydrogen-bond acceptors (Lipinski definition) is 6. The van der Waals surface area contributed by atoms with Crippen LogP contribution < -0.4 is 10.6 Å². The van der Waals surface area contributed by atoms with Gasteiger partial charge in [-0.1, -0.05) is 19.9 Å². The van der Waals surface area contributed by atoms with E-state index >= 15 is 0 Å². The van der Waals surface area contributed by atoms with Crippen molar-refractivity contribution in [1.29, 1.82) is 0 Å². The van der Waals surface area contributed by atoms with E-state index in [0.29, 0.717) is 22.8 Å². The molecule has 1 aliphatic rings. The summed E-state index contributed by atoms with van der Waals surface area (Å²) in [6.07, 6.45) is 8.47. The van der Waals surface area contributed by atoms with E-state index < -0.39 is 0 Å². The molecule has 8 heteroatoms. The summed E-state index contributed by atoms with van der Waals surface area (Å²) in [4.78, 5) is 42.4. The minimum absolute atomic E-state index is 0.00166. The zero-order valence-electron chi connectivity index (χ0n) is 21.0. The first kappa shape index (κ1) is 24.2. The largest absolute Gasteiger partial charge is 0.322 e. The zero-order valence-corrected chi connectivity index (χ0v) is 21.0. The summed E-state index contributed by atoms with van der Waals surface area (Å²) in [7, 11) is 0. The van der Waals surface area contributed by atoms with Gasteiger partial charge < -0.3 is 10.6 Å². The quantitative estimate of drug-likeness (QED) is 0.346. The molecular weight excluding hydrogens is 464 g/mol. The van der Waals surface area contributed by atoms with Crippen molar-refractivity contribution in [1.82, 2.24) is 19.9 Å². The van der Waals surface area contributed by atoms with Gasteiger partial charge >= 0.3 is 0 Å². The van der Waals surface area contributed by atoms with Crippen LogP contribution in [0.5, 0.6) is 0 Å². The van der Waals surface area contributed by atoms with Crippen molar-refractivity contribution < 1.29 is 9.59 Å². The van der Waals surface area contributed by atoms with E-state index in [9.17, 15) is 9.59 Å². The number of hydrogen-bond donors (Lipinski definition) is 2. The standard InChI is InChI=1S/C29H28N6O2/c1-17(2)25-11-20(8-9-31-25)29(37)34-23-7-4-18(3)24(12-23)21-10-22(15-30-14-21)26-13-27(33-16-32-26)35-28(36)19-5-6-19/h4,7-17,19H,5-6H2,1-3H3,(H,34,37)(H,32,33,35,36). The van der Waals surface area contributed by atoms with Crippen molar-refractivity contribution in [3.05, 3.63) is 84.2 Å². The van der Waals surface area contributed by atoms with Gasteiger partial charge in [0.15, 0.2) is 0 Å². The number of carbonyl (C=O) groups excluding carboxylic acids is 2. The number of nitrogens with zero attached hydrogens (tertiary/aromatic N) is 4. The van der Waals surface area contributed by atoms with Crippen LogP contribution in [0.1, 0.15) is 54.2 Å². The van der Waals surface area contributed by atoms with E-state index in [0.717, 1.165) is 40.8 Å². The molecule has 3 heterocycles. The molecule has 3 aromatic heterocycles. The first-order valence-corrected chi connectivity index (χ1v) is 12.3. The molecule has 8 nitrogen and oxygen atoms in total. The predicted molar refractivity (Wildman–Crippen MR) is 143 cm³/mol. The van der Waals surface area contributed by atoms with Crippen LogP contribution >= 0.6 is 0 Å². The summed E-state index contributed by atoms with van der Waals surface area (Å²) >= 11 is 0. The molecule has 0 atom stereocenters. The van der Waals surface area contributed by atoms with E-state index in [-0.39, 0.29) is 23.7 Å². The SMILES string of the molecule is Cc1ccc(NC(=O)c2ccnc(C(C)C)c2)cc1-c1cncc(-c2cc(NC(=O)C3CC3)ncn2)c1. The fourth-order valence-corrected chi connectivity index (χ4v) is 4.00. The molecule has 0 radical (unpaired) electrons. The van der Waals surface area contributed by atoms with E-state index in [4.69, 9.17) is 0 Å². The number of anilines is 2. The Morgan fingerprint density at radius 3 is 2.51 bits per heavy atom. The number of carbonyl (C=O) groups is 2. The number of benzene rings is 1. The molecule has 0 spiro atoms. The first-order valence-electron chi connectivity index (χ1n) is 12.3. The van der Waals surface area contributed by atoms with Crippen LogP contribution in [0, 0.1) is 12.8 Å². The number of amides is 2. The van der Waals surface area contributed by atoms with Gasteiger partial charge in [0, 0.05) is 58.6 Å². The normalized spacial score (nSPS) is 12.9. The Kier molecular flexibility index (Phi) is 6.72. The Hall–Kier alpha value is -4.46. The van der Waals surface area contributed by atoms with E-state index in [1.54, 1.807) is 30.7 Å². The number of nitrogens with one attached hydrogen (secondary N) is 2. The minimum atomic E-state index is -0.187. The van der Waals surface area contributed by atoms with Crippen LogP contribution in [0.15, 0.2) is 67.4 Å². The summed E-state index contributed by atoms with van der Waals surface area (Å²) in [5.74, 6) is 0.616. The molecule has 0 saturated heterocycles. The number of aryl methyl sites for hydroxylation is 1. The maximum absolute atomic E-state index is 12.9. The van der Waals surface area contributed by atoms with E-state index in [1.807, 2.05) is 51.1 Å². The topological polar surface area (TPSA) is 110 Å². The molecule has 5 rings (SSSR count). The number of aromatic nitrogens is 4. The number of rotatable bonds is 7. The van der Waals surface area contributed by atoms with Gasteiger partial charge in [-0.25, -0.2) is 9.97 Å². The van der Waals surface area contributed by atoms with Crippen LogP contribution in [-0.2, 0) is 4.79 Å². The molecule has 1 saturated carbocycles. The summed E-state index contributed by atoms with van der Waals surface area (Å²) in [6.45, 7) is 6.11. The molecule has 37 heavy (non-hydrogen) atoms. The molecule has 1 aromatic carbocycles. The molecule has 0 bridgehead atoms. The van der Waals surface area contributed by atoms with Crippen molar-refractivity contribution in [2.45, 2.75) is 39.5 Å². The maximum atomic E-state index is 12.9. The van der Waals surface area contributed by atoms with Gasteiger partial charge in [0.05, 0.1) is 5.69 Å². The van der Waals surface area contributed by atoms with Crippen molar-refractivity contribution in [2.24, 2.45) is 5.92 Å². The van der Waals surface area contributed by atoms with Crippen LogP contribution in [-0.4, -0.2) is 31.8 Å². The first-order chi connectivity index (χ1) is 17.9. The smallest absolute Gasteiger partial charge is 0.255 e. The molecule has 4 aromatic rings. The van der Waals surface area contributed by atoms with E-state index in [2.05, 4.69) is 30.6 Å². The average Bonchev–Trinajstić information content (AvgIpc) is 3.76. The molecule has 1 fully saturated rings. The lowest BCUT2D eigenvalue weighted by atomic mass is 9.99. The van der Waals surface area contributed by atoms with Crippen LogP contribution in [0.2, 0.25) is 0 Å². The molecule has 1 aliphatic carbocycles. The summed E-state index contributed by atoms with van der Waals surface area (Å²) in [6, 6.07) is 13.1. The Morgan fingerprint density at radius 2 is 1.73 bits per heavy atom. The van der Waals surface area contributed by atoms with Gasteiger partial charge in [0.25, 0.3) is 5.91 Å². The highest BCUT2D eigenvalue weighted by Gasteiger charge is 2.29. The molecule has 2 amide bonds. The van der Waals surface area contributed by atoms with Crippen LogP contribution in [0.4, 0.5) is 11.5 Å². The third-order valence-corrected chi connectivity index (χ3v) is 6.34. The van der Waals surface area contributed by atoms with Gasteiger partial charge in [-0.2, -0.15) is 0 Å². The lowest BCUT2D eigenvalue weighted by molar-refractivity contribution is -0.117. The van der Waals surface area contributed by atoms with Crippen molar-refractivity contribution in [2.75, 3.05) is 10.6 Å². The van der Waals surface area contributed by atoms with Crippen LogP contribution in [0.25, 0.3) is 22.4 Å². The second-order valence-electron chi connectivity index (χ2n) is 9.62. The Labute approximate surface area is 215 Å². The minimum Gasteiger partial charge on any atom is -0.322 e. The molecule has 0 aliphatic heterocycles. The number of pyridine rings is 2. The van der Waals surface area contributed by atoms with Gasteiger partial charge in [0.2, 0.25) is 5.91 Å².